The predicted octanol–water partition coefficient (Wildman–Crippen LogP) is 1.96. The van der Waals surface area contributed by atoms with Crippen LogP contribution in [-0.4, -0.2) is 27.8 Å². The molecule has 0 aliphatic heterocycles. The minimum atomic E-state index is -0.708. The van der Waals surface area contributed by atoms with Gasteiger partial charge in [-0.3, -0.25) is 14.4 Å². The molecule has 20 heavy (non-hydrogen) atoms. The van der Waals surface area contributed by atoms with Crippen molar-refractivity contribution in [2.24, 2.45) is 5.92 Å². The molecule has 0 saturated heterocycles. The maximum atomic E-state index is 11.7. The van der Waals surface area contributed by atoms with E-state index in [4.69, 9.17) is 4.42 Å². The fraction of sp³-hybridized carbons (Fsp3) is 0.538. The molecule has 0 unspecified atom stereocenters. The van der Waals surface area contributed by atoms with Crippen LogP contribution in [0.1, 0.15) is 49.0 Å². The van der Waals surface area contributed by atoms with Gasteiger partial charge in [0.2, 0.25) is 11.7 Å². The topological polar surface area (TPSA) is 89.3 Å². The first-order valence-corrected chi connectivity index (χ1v) is 7.28. The first kappa shape index (κ1) is 16.6. The quantitative estimate of drug-likeness (QED) is 0.484. The average molecular weight is 345 g/mol. The van der Waals surface area contributed by atoms with Crippen molar-refractivity contribution >= 4 is 33.4 Å². The number of hydrogen-bond acceptors (Lipinski definition) is 5. The summed E-state index contributed by atoms with van der Waals surface area (Å²) in [5.41, 5.74) is 0.242. The fourth-order valence-corrected chi connectivity index (χ4v) is 1.93. The van der Waals surface area contributed by atoms with Crippen LogP contribution in [0.3, 0.4) is 0 Å². The number of ketones is 2. The molecule has 1 aromatic rings. The molecule has 6 nitrogen and oxygen atoms in total. The molecule has 1 atom stereocenters. The van der Waals surface area contributed by atoms with Gasteiger partial charge >= 0.3 is 0 Å². The molecular formula is C13H17BrN2O4. The van der Waals surface area contributed by atoms with Crippen molar-refractivity contribution in [2.45, 2.75) is 33.7 Å². The molecule has 0 radical (unpaired) electrons. The van der Waals surface area contributed by atoms with E-state index in [0.29, 0.717) is 5.76 Å². The zero-order valence-corrected chi connectivity index (χ0v) is 13.4. The number of amides is 1. The number of rotatable bonds is 6. The largest absolute Gasteiger partial charge is 0.443 e. The summed E-state index contributed by atoms with van der Waals surface area (Å²) in [6.45, 7) is 6.75. The smallest absolute Gasteiger partial charge is 0.288 e. The number of aryl methyl sites for hydroxylation is 1. The molecule has 0 aliphatic carbocycles. The minimum absolute atomic E-state index is 0.0417. The van der Waals surface area contributed by atoms with E-state index < -0.39 is 17.7 Å². The lowest BCUT2D eigenvalue weighted by molar-refractivity contribution is -0.137. The highest BCUT2D eigenvalue weighted by Crippen LogP contribution is 2.23. The molecule has 0 saturated carbocycles. The first-order chi connectivity index (χ1) is 9.27. The van der Waals surface area contributed by atoms with Gasteiger partial charge in [-0.05, 0) is 12.8 Å². The number of nitrogens with one attached hydrogen (secondary N) is 1. The van der Waals surface area contributed by atoms with Crippen LogP contribution in [0.4, 0.5) is 0 Å². The Kier molecular flexibility index (Phi) is 5.62. The molecule has 0 aromatic carbocycles. The minimum Gasteiger partial charge on any atom is -0.443 e. The van der Waals surface area contributed by atoms with E-state index in [1.165, 1.54) is 6.92 Å². The lowest BCUT2D eigenvalue weighted by Crippen LogP contribution is -2.37. The highest BCUT2D eigenvalue weighted by atomic mass is 79.9. The van der Waals surface area contributed by atoms with Gasteiger partial charge in [0.25, 0.3) is 5.91 Å². The molecule has 0 fully saturated rings. The van der Waals surface area contributed by atoms with E-state index in [1.807, 2.05) is 13.8 Å². The maximum absolute atomic E-state index is 11.7. The third kappa shape index (κ3) is 3.75. The van der Waals surface area contributed by atoms with E-state index in [9.17, 15) is 14.4 Å². The van der Waals surface area contributed by atoms with Gasteiger partial charge < -0.3 is 9.73 Å². The van der Waals surface area contributed by atoms with Crippen molar-refractivity contribution in [2.75, 3.05) is 5.33 Å². The summed E-state index contributed by atoms with van der Waals surface area (Å²) < 4.78 is 5.44. The summed E-state index contributed by atoms with van der Waals surface area (Å²) in [4.78, 5) is 38.5. The first-order valence-electron chi connectivity index (χ1n) is 6.15. The number of oxazole rings is 1. The summed E-state index contributed by atoms with van der Waals surface area (Å²) in [6.07, 6.45) is 0. The second-order valence-corrected chi connectivity index (χ2v) is 5.33. The SMILES string of the molecule is CC(=O)c1nc([C@@H](NC(=O)C(=O)CBr)C(C)C)oc1C. The third-order valence-electron chi connectivity index (χ3n) is 2.74. The molecular weight excluding hydrogens is 328 g/mol. The molecule has 1 aromatic heterocycles. The molecule has 110 valence electrons. The van der Waals surface area contributed by atoms with E-state index in [-0.39, 0.29) is 28.6 Å². The van der Waals surface area contributed by atoms with Gasteiger partial charge in [-0.25, -0.2) is 4.98 Å². The Labute approximate surface area is 125 Å². The van der Waals surface area contributed by atoms with Gasteiger partial charge in [0, 0.05) is 6.92 Å². The predicted molar refractivity (Wildman–Crippen MR) is 75.8 cm³/mol. The number of alkyl halides is 1. The van der Waals surface area contributed by atoms with Gasteiger partial charge in [0.15, 0.2) is 5.78 Å². The van der Waals surface area contributed by atoms with Crippen molar-refractivity contribution in [3.63, 3.8) is 0 Å². The number of halogens is 1. The number of carbonyl (C=O) groups is 3. The van der Waals surface area contributed by atoms with Crippen molar-refractivity contribution in [1.82, 2.24) is 10.3 Å². The van der Waals surface area contributed by atoms with Crippen molar-refractivity contribution in [3.8, 4) is 0 Å². The summed E-state index contributed by atoms with van der Waals surface area (Å²) in [6, 6.07) is -0.558. The number of aromatic nitrogens is 1. The second kappa shape index (κ2) is 6.78. The molecule has 1 rings (SSSR count). The maximum Gasteiger partial charge on any atom is 0.288 e. The van der Waals surface area contributed by atoms with Gasteiger partial charge in [-0.15, -0.1) is 0 Å². The van der Waals surface area contributed by atoms with Crippen LogP contribution in [0.2, 0.25) is 0 Å². The van der Waals surface area contributed by atoms with Crippen molar-refractivity contribution in [1.29, 1.82) is 0 Å². The van der Waals surface area contributed by atoms with Crippen molar-refractivity contribution in [3.05, 3.63) is 17.3 Å². The van der Waals surface area contributed by atoms with Gasteiger partial charge in [0.05, 0.1) is 5.33 Å². The Morgan fingerprint density at radius 2 is 1.95 bits per heavy atom. The molecule has 1 N–H and O–H groups in total. The zero-order valence-electron chi connectivity index (χ0n) is 11.8. The van der Waals surface area contributed by atoms with Crippen LogP contribution in [0.5, 0.6) is 0 Å². The monoisotopic (exact) mass is 344 g/mol. The standard InChI is InChI=1S/C13H17BrN2O4/c1-6(2)10(15-12(19)9(18)5-14)13-16-11(7(3)17)8(4)20-13/h6,10H,5H2,1-4H3,(H,15,19)/t10-/m0/s1. The number of carbonyl (C=O) groups excluding carboxylic acids is 3. The van der Waals surface area contributed by atoms with Crippen LogP contribution >= 0.6 is 15.9 Å². The van der Waals surface area contributed by atoms with E-state index in [0.717, 1.165) is 0 Å². The molecule has 0 spiro atoms. The summed E-state index contributed by atoms with van der Waals surface area (Å²) in [5, 5.41) is 2.53. The normalized spacial score (nSPS) is 12.3. The fourth-order valence-electron chi connectivity index (χ4n) is 1.67. The second-order valence-electron chi connectivity index (χ2n) is 4.77. The van der Waals surface area contributed by atoms with Crippen LogP contribution < -0.4 is 5.32 Å². The van der Waals surface area contributed by atoms with Gasteiger partial charge in [-0.1, -0.05) is 29.8 Å². The molecule has 1 heterocycles. The molecule has 0 aliphatic rings. The van der Waals surface area contributed by atoms with E-state index in [1.54, 1.807) is 6.92 Å². The Morgan fingerprint density at radius 3 is 2.35 bits per heavy atom. The average Bonchev–Trinajstić information content (AvgIpc) is 2.76. The molecule has 1 amide bonds. The van der Waals surface area contributed by atoms with Crippen LogP contribution in [0.25, 0.3) is 0 Å². The molecule has 0 bridgehead atoms. The summed E-state index contributed by atoms with van der Waals surface area (Å²) in [5.74, 6) is -0.896. The summed E-state index contributed by atoms with van der Waals surface area (Å²) in [7, 11) is 0. The van der Waals surface area contributed by atoms with E-state index >= 15 is 0 Å². The molecule has 7 heteroatoms. The lowest BCUT2D eigenvalue weighted by atomic mass is 10.0. The number of Topliss-reactive ketones (excluding diaryl/α,β-unsaturated/α-hetero) is 2. The van der Waals surface area contributed by atoms with Gasteiger partial charge in [0.1, 0.15) is 17.5 Å². The van der Waals surface area contributed by atoms with Crippen LogP contribution in [0.15, 0.2) is 4.42 Å². The number of nitrogens with zero attached hydrogens (tertiary/aromatic N) is 1. The third-order valence-corrected chi connectivity index (χ3v) is 3.25. The van der Waals surface area contributed by atoms with E-state index in [2.05, 4.69) is 26.2 Å². The lowest BCUT2D eigenvalue weighted by Gasteiger charge is -2.18. The Morgan fingerprint density at radius 1 is 1.35 bits per heavy atom. The van der Waals surface area contributed by atoms with Crippen LogP contribution in [0, 0.1) is 12.8 Å². The Bertz CT molecular complexity index is 536. The summed E-state index contributed by atoms with van der Waals surface area (Å²) >= 11 is 2.94. The zero-order chi connectivity index (χ0) is 15.4. The highest BCUT2D eigenvalue weighted by molar-refractivity contribution is 9.09. The highest BCUT2D eigenvalue weighted by Gasteiger charge is 2.27. The Hall–Kier alpha value is -1.50. The number of hydrogen-bond donors (Lipinski definition) is 1. The van der Waals surface area contributed by atoms with Gasteiger partial charge in [-0.2, -0.15) is 0 Å². The van der Waals surface area contributed by atoms with Crippen molar-refractivity contribution < 1.29 is 18.8 Å². The van der Waals surface area contributed by atoms with Crippen LogP contribution in [-0.2, 0) is 9.59 Å². The Balaban J connectivity index is 3.03.